The lowest BCUT2D eigenvalue weighted by atomic mass is 10.3. The molecule has 99 valence electrons. The summed E-state index contributed by atoms with van der Waals surface area (Å²) in [6.45, 7) is 0. The lowest BCUT2D eigenvalue weighted by molar-refractivity contribution is 0.441. The van der Waals surface area contributed by atoms with Crippen LogP contribution in [0.2, 0.25) is 5.02 Å². The first-order valence-corrected chi connectivity index (χ1v) is 7.48. The number of hydrogen-bond donors (Lipinski definition) is 0. The fourth-order valence-electron chi connectivity index (χ4n) is 1.39. The molecule has 6 heteroatoms. The Morgan fingerprint density at radius 3 is 2.58 bits per heavy atom. The van der Waals surface area contributed by atoms with Crippen LogP contribution in [-0.4, -0.2) is 14.7 Å². The van der Waals surface area contributed by atoms with E-state index in [1.165, 1.54) is 18.2 Å². The van der Waals surface area contributed by atoms with Crippen LogP contribution in [0.1, 0.15) is 0 Å². The number of halogens is 2. The van der Waals surface area contributed by atoms with Crippen LogP contribution >= 0.6 is 11.6 Å². The first-order chi connectivity index (χ1) is 8.88. The molecule has 0 saturated heterocycles. The molecule has 2 rings (SSSR count). The molecule has 0 aliphatic carbocycles. The Morgan fingerprint density at radius 2 is 2.00 bits per heavy atom. The standard InChI is InChI=1S/C13H9ClFO3S/c1-19(16,17)9-6-7-13(11(15)8-9)18-12-5-3-2-4-10(12)14/h2,4-8H,1H3. The minimum atomic E-state index is -3.45. The molecule has 2 aromatic carbocycles. The van der Waals surface area contributed by atoms with Crippen LogP contribution in [0.25, 0.3) is 0 Å². The molecule has 0 bridgehead atoms. The minimum absolute atomic E-state index is 0.103. The zero-order valence-corrected chi connectivity index (χ0v) is 11.4. The molecule has 2 aromatic rings. The molecule has 0 unspecified atom stereocenters. The Balaban J connectivity index is 2.36. The van der Waals surface area contributed by atoms with Gasteiger partial charge < -0.3 is 4.74 Å². The zero-order valence-electron chi connectivity index (χ0n) is 9.85. The molecule has 0 N–H and O–H groups in total. The van der Waals surface area contributed by atoms with Gasteiger partial charge in [0.2, 0.25) is 0 Å². The van der Waals surface area contributed by atoms with E-state index in [0.29, 0.717) is 5.02 Å². The summed E-state index contributed by atoms with van der Waals surface area (Å²) in [5, 5.41) is 0.310. The van der Waals surface area contributed by atoms with Crippen LogP contribution in [-0.2, 0) is 9.84 Å². The Kier molecular flexibility index (Phi) is 3.78. The van der Waals surface area contributed by atoms with E-state index in [0.717, 1.165) is 12.3 Å². The van der Waals surface area contributed by atoms with Gasteiger partial charge in [-0.25, -0.2) is 12.8 Å². The number of rotatable bonds is 3. The van der Waals surface area contributed by atoms with Gasteiger partial charge >= 0.3 is 0 Å². The SMILES string of the molecule is CS(=O)(=O)c1ccc(Oc2c[c]ccc2Cl)c(F)c1. The van der Waals surface area contributed by atoms with E-state index in [-0.39, 0.29) is 16.4 Å². The van der Waals surface area contributed by atoms with Crippen LogP contribution in [0, 0.1) is 11.9 Å². The first-order valence-electron chi connectivity index (χ1n) is 5.21. The molecular weight excluding hydrogens is 291 g/mol. The second-order valence-electron chi connectivity index (χ2n) is 3.82. The normalized spacial score (nSPS) is 11.3. The predicted octanol–water partition coefficient (Wildman–Crippen LogP) is 3.48. The van der Waals surface area contributed by atoms with Crippen molar-refractivity contribution >= 4 is 21.4 Å². The summed E-state index contributed by atoms with van der Waals surface area (Å²) < 4.78 is 41.6. The average Bonchev–Trinajstić information content (AvgIpc) is 2.33. The number of benzene rings is 2. The summed E-state index contributed by atoms with van der Waals surface area (Å²) >= 11 is 5.87. The zero-order chi connectivity index (χ0) is 14.0. The van der Waals surface area contributed by atoms with Crippen molar-refractivity contribution in [3.05, 3.63) is 53.3 Å². The Bertz CT molecular complexity index is 714. The number of sulfone groups is 1. The fourth-order valence-corrected chi connectivity index (χ4v) is 2.18. The van der Waals surface area contributed by atoms with Crippen LogP contribution in [0.4, 0.5) is 4.39 Å². The van der Waals surface area contributed by atoms with Crippen molar-refractivity contribution in [2.45, 2.75) is 4.90 Å². The van der Waals surface area contributed by atoms with Gasteiger partial charge in [-0.2, -0.15) is 0 Å². The third-order valence-corrected chi connectivity index (χ3v) is 3.75. The predicted molar refractivity (Wildman–Crippen MR) is 69.9 cm³/mol. The average molecular weight is 300 g/mol. The molecule has 3 nitrogen and oxygen atoms in total. The summed E-state index contributed by atoms with van der Waals surface area (Å²) in [6.07, 6.45) is 1.01. The van der Waals surface area contributed by atoms with E-state index < -0.39 is 15.7 Å². The Hall–Kier alpha value is -1.59. The highest BCUT2D eigenvalue weighted by molar-refractivity contribution is 7.90. The Labute approximate surface area is 115 Å². The van der Waals surface area contributed by atoms with E-state index in [1.807, 2.05) is 0 Å². The molecule has 0 aliphatic rings. The molecule has 0 aliphatic heterocycles. The van der Waals surface area contributed by atoms with Gasteiger partial charge in [-0.15, -0.1) is 0 Å². The molecule has 1 radical (unpaired) electrons. The molecule has 0 fully saturated rings. The second-order valence-corrected chi connectivity index (χ2v) is 6.25. The highest BCUT2D eigenvalue weighted by atomic mass is 35.5. The molecule has 0 amide bonds. The highest BCUT2D eigenvalue weighted by Gasteiger charge is 2.13. The lowest BCUT2D eigenvalue weighted by Crippen LogP contribution is -1.98. The maximum absolute atomic E-state index is 13.8. The van der Waals surface area contributed by atoms with Crippen LogP contribution < -0.4 is 4.74 Å². The molecule has 0 heterocycles. The highest BCUT2D eigenvalue weighted by Crippen LogP contribution is 2.31. The largest absolute Gasteiger partial charge is 0.453 e. The van der Waals surface area contributed by atoms with Gasteiger partial charge in [0.05, 0.1) is 9.92 Å². The van der Waals surface area contributed by atoms with Gasteiger partial charge in [-0.1, -0.05) is 17.7 Å². The van der Waals surface area contributed by atoms with E-state index in [4.69, 9.17) is 16.3 Å². The van der Waals surface area contributed by atoms with Crippen molar-refractivity contribution in [1.29, 1.82) is 0 Å². The summed E-state index contributed by atoms with van der Waals surface area (Å²) in [5.74, 6) is -0.632. The Morgan fingerprint density at radius 1 is 1.26 bits per heavy atom. The third-order valence-electron chi connectivity index (χ3n) is 2.33. The molecule has 0 aromatic heterocycles. The van der Waals surface area contributed by atoms with E-state index >= 15 is 0 Å². The van der Waals surface area contributed by atoms with E-state index in [2.05, 4.69) is 6.07 Å². The topological polar surface area (TPSA) is 43.4 Å². The molecule has 19 heavy (non-hydrogen) atoms. The smallest absolute Gasteiger partial charge is 0.175 e. The van der Waals surface area contributed by atoms with Crippen LogP contribution in [0.3, 0.4) is 0 Å². The van der Waals surface area contributed by atoms with Crippen molar-refractivity contribution in [1.82, 2.24) is 0 Å². The molecular formula is C13H9ClFO3S. The number of ether oxygens (including phenoxy) is 1. The van der Waals surface area contributed by atoms with E-state index in [1.54, 1.807) is 12.1 Å². The van der Waals surface area contributed by atoms with Crippen molar-refractivity contribution in [3.63, 3.8) is 0 Å². The number of hydrogen-bond acceptors (Lipinski definition) is 3. The maximum atomic E-state index is 13.8. The van der Waals surface area contributed by atoms with Crippen molar-refractivity contribution < 1.29 is 17.5 Å². The monoisotopic (exact) mass is 299 g/mol. The first kappa shape index (κ1) is 13.8. The second kappa shape index (κ2) is 5.19. The maximum Gasteiger partial charge on any atom is 0.175 e. The van der Waals surface area contributed by atoms with Crippen LogP contribution in [0.15, 0.2) is 41.3 Å². The van der Waals surface area contributed by atoms with E-state index in [9.17, 15) is 12.8 Å². The van der Waals surface area contributed by atoms with Gasteiger partial charge in [-0.3, -0.25) is 0 Å². The van der Waals surface area contributed by atoms with Gasteiger partial charge in [-0.05, 0) is 36.4 Å². The van der Waals surface area contributed by atoms with Gasteiger partial charge in [0.1, 0.15) is 5.75 Å². The summed E-state index contributed by atoms with van der Waals surface area (Å²) in [7, 11) is -3.45. The molecule has 0 saturated carbocycles. The lowest BCUT2D eigenvalue weighted by Gasteiger charge is -2.08. The van der Waals surface area contributed by atoms with Crippen molar-refractivity contribution in [3.8, 4) is 11.5 Å². The van der Waals surface area contributed by atoms with Gasteiger partial charge in [0.15, 0.2) is 21.4 Å². The fraction of sp³-hybridized carbons (Fsp3) is 0.0769. The van der Waals surface area contributed by atoms with Crippen LogP contribution in [0.5, 0.6) is 11.5 Å². The summed E-state index contributed by atoms with van der Waals surface area (Å²) in [6, 6.07) is 10.8. The van der Waals surface area contributed by atoms with Gasteiger partial charge in [0, 0.05) is 6.26 Å². The summed E-state index contributed by atoms with van der Waals surface area (Å²) in [4.78, 5) is -0.108. The van der Waals surface area contributed by atoms with Gasteiger partial charge in [0.25, 0.3) is 0 Å². The molecule has 0 atom stereocenters. The minimum Gasteiger partial charge on any atom is -0.453 e. The third kappa shape index (κ3) is 3.24. The van der Waals surface area contributed by atoms with Crippen molar-refractivity contribution in [2.24, 2.45) is 0 Å². The quantitative estimate of drug-likeness (QED) is 0.871. The summed E-state index contributed by atoms with van der Waals surface area (Å²) in [5.41, 5.74) is 0. The van der Waals surface area contributed by atoms with Crippen molar-refractivity contribution in [2.75, 3.05) is 6.26 Å². The molecule has 0 spiro atoms.